The summed E-state index contributed by atoms with van der Waals surface area (Å²) in [6, 6.07) is 3.72. The lowest BCUT2D eigenvalue weighted by molar-refractivity contribution is -0.137. The predicted molar refractivity (Wildman–Crippen MR) is 60.7 cm³/mol. The molecule has 1 saturated heterocycles. The minimum absolute atomic E-state index is 0.0345. The van der Waals surface area contributed by atoms with E-state index < -0.39 is 23.7 Å². The molecule has 19 heavy (non-hydrogen) atoms. The number of likely N-dealkylation sites (N-methyl/N-ethyl adjacent to an activating group) is 1. The van der Waals surface area contributed by atoms with Crippen LogP contribution in [0.15, 0.2) is 30.0 Å². The minimum atomic E-state index is -4.40. The topological polar surface area (TPSA) is 49.4 Å². The van der Waals surface area contributed by atoms with Gasteiger partial charge in [-0.25, -0.2) is 4.79 Å². The average molecular weight is 270 g/mol. The lowest BCUT2D eigenvalue weighted by Crippen LogP contribution is -2.25. The number of carbonyl (C=O) groups is 2. The summed E-state index contributed by atoms with van der Waals surface area (Å²) in [5.74, 6) is -0.523. The zero-order valence-electron chi connectivity index (χ0n) is 9.78. The van der Waals surface area contributed by atoms with Gasteiger partial charge in [0.25, 0.3) is 5.91 Å². The summed E-state index contributed by atoms with van der Waals surface area (Å²) in [5, 5.41) is 2.32. The number of carbonyl (C=O) groups excluding carboxylic acids is 2. The quantitative estimate of drug-likeness (QED) is 0.628. The number of benzene rings is 1. The normalized spacial score (nSPS) is 18.1. The van der Waals surface area contributed by atoms with Crippen LogP contribution in [0, 0.1) is 0 Å². The Morgan fingerprint density at radius 1 is 1.16 bits per heavy atom. The third-order valence-electron chi connectivity index (χ3n) is 2.63. The van der Waals surface area contributed by atoms with E-state index in [1.54, 1.807) is 0 Å². The van der Waals surface area contributed by atoms with Crippen molar-refractivity contribution in [1.29, 1.82) is 0 Å². The molecule has 1 aromatic rings. The molecule has 2 rings (SSSR count). The number of alkyl halides is 3. The fourth-order valence-corrected chi connectivity index (χ4v) is 1.56. The van der Waals surface area contributed by atoms with E-state index >= 15 is 0 Å². The number of amides is 3. The number of hydrogen-bond acceptors (Lipinski definition) is 2. The molecule has 1 N–H and O–H groups in total. The maximum atomic E-state index is 12.4. The van der Waals surface area contributed by atoms with Gasteiger partial charge < -0.3 is 5.32 Å². The van der Waals surface area contributed by atoms with E-state index in [-0.39, 0.29) is 5.70 Å². The van der Waals surface area contributed by atoms with Crippen molar-refractivity contribution in [3.05, 3.63) is 41.1 Å². The standard InChI is InChI=1S/C12H9F3N2O2/c1-17-10(18)9(16-11(17)19)6-7-2-4-8(5-3-7)12(13,14)15/h2-6H,1H3,(H,16,19)/b9-6+. The number of imide groups is 1. The highest BCUT2D eigenvalue weighted by molar-refractivity contribution is 6.13. The van der Waals surface area contributed by atoms with Gasteiger partial charge in [0.15, 0.2) is 0 Å². The highest BCUT2D eigenvalue weighted by atomic mass is 19.4. The van der Waals surface area contributed by atoms with Gasteiger partial charge in [-0.2, -0.15) is 13.2 Å². The number of rotatable bonds is 1. The molecular weight excluding hydrogens is 261 g/mol. The second kappa shape index (κ2) is 4.42. The molecule has 0 unspecified atom stereocenters. The van der Waals surface area contributed by atoms with Crippen LogP contribution < -0.4 is 5.32 Å². The second-order valence-electron chi connectivity index (χ2n) is 3.97. The fraction of sp³-hybridized carbons (Fsp3) is 0.167. The van der Waals surface area contributed by atoms with Crippen molar-refractivity contribution in [3.63, 3.8) is 0 Å². The van der Waals surface area contributed by atoms with Gasteiger partial charge in [-0.05, 0) is 23.8 Å². The Balaban J connectivity index is 2.25. The molecular formula is C12H9F3N2O2. The number of urea groups is 1. The molecule has 0 aliphatic carbocycles. The van der Waals surface area contributed by atoms with E-state index in [1.165, 1.54) is 25.3 Å². The Morgan fingerprint density at radius 2 is 1.74 bits per heavy atom. The van der Waals surface area contributed by atoms with Crippen molar-refractivity contribution in [2.45, 2.75) is 6.18 Å². The summed E-state index contributed by atoms with van der Waals surface area (Å²) >= 11 is 0. The van der Waals surface area contributed by atoms with Crippen molar-refractivity contribution in [2.75, 3.05) is 7.05 Å². The first-order chi connectivity index (χ1) is 8.79. The largest absolute Gasteiger partial charge is 0.416 e. The van der Waals surface area contributed by atoms with Crippen LogP contribution >= 0.6 is 0 Å². The van der Waals surface area contributed by atoms with Crippen molar-refractivity contribution >= 4 is 18.0 Å². The van der Waals surface area contributed by atoms with Crippen LogP contribution in [0.5, 0.6) is 0 Å². The van der Waals surface area contributed by atoms with Gasteiger partial charge in [-0.15, -0.1) is 0 Å². The monoisotopic (exact) mass is 270 g/mol. The molecule has 1 aliphatic heterocycles. The molecule has 0 radical (unpaired) electrons. The molecule has 3 amide bonds. The molecule has 1 aliphatic rings. The third-order valence-corrected chi connectivity index (χ3v) is 2.63. The van der Waals surface area contributed by atoms with Gasteiger partial charge in [0.05, 0.1) is 5.56 Å². The molecule has 4 nitrogen and oxygen atoms in total. The summed E-state index contributed by atoms with van der Waals surface area (Å²) in [6.45, 7) is 0. The van der Waals surface area contributed by atoms with Crippen molar-refractivity contribution in [3.8, 4) is 0 Å². The second-order valence-corrected chi connectivity index (χ2v) is 3.97. The SMILES string of the molecule is CN1C(=O)N/C(=C/c2ccc(C(F)(F)F)cc2)C1=O. The first-order valence-electron chi connectivity index (χ1n) is 5.27. The summed E-state index contributed by atoms with van der Waals surface area (Å²) < 4.78 is 37.1. The Kier molecular flexibility index (Phi) is 3.05. The maximum Gasteiger partial charge on any atom is 0.416 e. The van der Waals surface area contributed by atoms with E-state index in [9.17, 15) is 22.8 Å². The van der Waals surface area contributed by atoms with Gasteiger partial charge in [0.2, 0.25) is 0 Å². The van der Waals surface area contributed by atoms with Gasteiger partial charge in [-0.3, -0.25) is 9.69 Å². The molecule has 0 atom stereocenters. The van der Waals surface area contributed by atoms with Crippen LogP contribution in [0.3, 0.4) is 0 Å². The summed E-state index contributed by atoms with van der Waals surface area (Å²) in [6.07, 6.45) is -3.08. The Bertz CT molecular complexity index is 561. The van der Waals surface area contributed by atoms with E-state index in [1.807, 2.05) is 0 Å². The minimum Gasteiger partial charge on any atom is -0.303 e. The molecule has 1 heterocycles. The average Bonchev–Trinajstić information content (AvgIpc) is 2.57. The van der Waals surface area contributed by atoms with E-state index in [4.69, 9.17) is 0 Å². The van der Waals surface area contributed by atoms with Crippen LogP contribution in [0.1, 0.15) is 11.1 Å². The summed E-state index contributed by atoms with van der Waals surface area (Å²) in [4.78, 5) is 23.6. The van der Waals surface area contributed by atoms with Crippen molar-refractivity contribution in [1.82, 2.24) is 10.2 Å². The van der Waals surface area contributed by atoms with E-state index in [0.29, 0.717) is 5.56 Å². The van der Waals surface area contributed by atoms with Gasteiger partial charge >= 0.3 is 12.2 Å². The first kappa shape index (κ1) is 13.1. The van der Waals surface area contributed by atoms with E-state index in [0.717, 1.165) is 17.0 Å². The van der Waals surface area contributed by atoms with Crippen molar-refractivity contribution in [2.24, 2.45) is 0 Å². The zero-order chi connectivity index (χ0) is 14.2. The molecule has 1 aromatic carbocycles. The molecule has 0 saturated carbocycles. The molecule has 0 bridgehead atoms. The maximum absolute atomic E-state index is 12.4. The Hall–Kier alpha value is -2.31. The third kappa shape index (κ3) is 2.59. The highest BCUT2D eigenvalue weighted by Crippen LogP contribution is 2.29. The Labute approximate surface area is 106 Å². The lowest BCUT2D eigenvalue weighted by atomic mass is 10.1. The number of hydrogen-bond donors (Lipinski definition) is 1. The summed E-state index contributed by atoms with van der Waals surface area (Å²) in [5.41, 5.74) is -0.340. The van der Waals surface area contributed by atoms with Crippen LogP contribution in [0.25, 0.3) is 6.08 Å². The zero-order valence-corrected chi connectivity index (χ0v) is 9.78. The van der Waals surface area contributed by atoms with Crippen LogP contribution in [0.2, 0.25) is 0 Å². The van der Waals surface area contributed by atoms with E-state index in [2.05, 4.69) is 5.32 Å². The highest BCUT2D eigenvalue weighted by Gasteiger charge is 2.31. The van der Waals surface area contributed by atoms with Crippen LogP contribution in [-0.4, -0.2) is 23.9 Å². The predicted octanol–water partition coefficient (Wildman–Crippen LogP) is 2.23. The van der Waals surface area contributed by atoms with Crippen LogP contribution in [0.4, 0.5) is 18.0 Å². The number of nitrogens with one attached hydrogen (secondary N) is 1. The lowest BCUT2D eigenvalue weighted by Gasteiger charge is -2.06. The van der Waals surface area contributed by atoms with Crippen LogP contribution in [-0.2, 0) is 11.0 Å². The molecule has 0 aromatic heterocycles. The number of halogens is 3. The number of nitrogens with zero attached hydrogens (tertiary/aromatic N) is 1. The first-order valence-corrected chi connectivity index (χ1v) is 5.27. The van der Waals surface area contributed by atoms with Gasteiger partial charge in [-0.1, -0.05) is 12.1 Å². The summed E-state index contributed by atoms with van der Waals surface area (Å²) in [7, 11) is 1.31. The van der Waals surface area contributed by atoms with Gasteiger partial charge in [0.1, 0.15) is 5.70 Å². The molecule has 7 heteroatoms. The molecule has 0 spiro atoms. The Morgan fingerprint density at radius 3 is 2.16 bits per heavy atom. The van der Waals surface area contributed by atoms with Crippen molar-refractivity contribution < 1.29 is 22.8 Å². The fourth-order valence-electron chi connectivity index (χ4n) is 1.56. The molecule has 100 valence electrons. The van der Waals surface area contributed by atoms with Gasteiger partial charge in [0, 0.05) is 7.05 Å². The smallest absolute Gasteiger partial charge is 0.303 e. The molecule has 1 fully saturated rings.